The van der Waals surface area contributed by atoms with Crippen LogP contribution in [-0.4, -0.2) is 50.0 Å². The lowest BCUT2D eigenvalue weighted by Gasteiger charge is -2.11. The molecular weight excluding hydrogens is 472 g/mol. The first-order valence-electron chi connectivity index (χ1n) is 14.1. The molecule has 1 aliphatic carbocycles. The molecule has 1 aliphatic heterocycles. The highest BCUT2D eigenvalue weighted by Gasteiger charge is 2.17. The minimum atomic E-state index is 0.729. The number of aromatic nitrogens is 5. The number of hydrogen-bond acceptors (Lipinski definition) is 5. The van der Waals surface area contributed by atoms with E-state index < -0.39 is 0 Å². The van der Waals surface area contributed by atoms with Crippen LogP contribution in [0.1, 0.15) is 50.8 Å². The van der Waals surface area contributed by atoms with Gasteiger partial charge in [-0.2, -0.15) is 10.2 Å². The lowest BCUT2D eigenvalue weighted by molar-refractivity contribution is 0.279. The molecule has 2 aliphatic rings. The lowest BCUT2D eigenvalue weighted by atomic mass is 10.0. The van der Waals surface area contributed by atoms with Crippen LogP contribution < -0.4 is 4.74 Å². The lowest BCUT2D eigenvalue weighted by Crippen LogP contribution is -2.19. The second kappa shape index (κ2) is 10.2. The van der Waals surface area contributed by atoms with Gasteiger partial charge in [0.25, 0.3) is 0 Å². The number of nitrogens with one attached hydrogen (secondary N) is 2. The van der Waals surface area contributed by atoms with E-state index in [0.717, 1.165) is 77.3 Å². The molecule has 2 fully saturated rings. The first kappa shape index (κ1) is 23.4. The van der Waals surface area contributed by atoms with Gasteiger partial charge in [-0.3, -0.25) is 15.1 Å². The summed E-state index contributed by atoms with van der Waals surface area (Å²) in [6.45, 7) is 3.92. The average molecular weight is 507 g/mol. The normalized spacial score (nSPS) is 16.7. The van der Waals surface area contributed by atoms with Crippen LogP contribution in [0, 0.1) is 5.92 Å². The Morgan fingerprint density at radius 1 is 0.816 bits per heavy atom. The van der Waals surface area contributed by atoms with Crippen molar-refractivity contribution in [3.05, 3.63) is 60.4 Å². The van der Waals surface area contributed by atoms with E-state index in [0.29, 0.717) is 0 Å². The molecular formula is C31H34N6O. The number of nitrogens with zero attached hydrogens (tertiary/aromatic N) is 4. The predicted octanol–water partition coefficient (Wildman–Crippen LogP) is 6.72. The first-order valence-corrected chi connectivity index (χ1v) is 14.1. The highest BCUT2D eigenvalue weighted by atomic mass is 16.5. The van der Waals surface area contributed by atoms with Gasteiger partial charge in [0, 0.05) is 16.5 Å². The fourth-order valence-electron chi connectivity index (χ4n) is 6.12. The van der Waals surface area contributed by atoms with E-state index in [1.165, 1.54) is 55.7 Å². The molecule has 38 heavy (non-hydrogen) atoms. The highest BCUT2D eigenvalue weighted by molar-refractivity contribution is 5.97. The molecule has 7 rings (SSSR count). The Hall–Kier alpha value is -3.71. The third kappa shape index (κ3) is 4.78. The summed E-state index contributed by atoms with van der Waals surface area (Å²) in [6, 6.07) is 19.2. The molecule has 0 bridgehead atoms. The summed E-state index contributed by atoms with van der Waals surface area (Å²) in [7, 11) is 0. The van der Waals surface area contributed by atoms with Crippen LogP contribution in [0.5, 0.6) is 5.75 Å². The fourth-order valence-corrected chi connectivity index (χ4v) is 6.12. The summed E-state index contributed by atoms with van der Waals surface area (Å²) < 4.78 is 6.10. The number of likely N-dealkylation sites (tertiary alicyclic amines) is 1. The monoisotopic (exact) mass is 506 g/mol. The van der Waals surface area contributed by atoms with Crippen LogP contribution in [0.3, 0.4) is 0 Å². The van der Waals surface area contributed by atoms with E-state index in [4.69, 9.17) is 9.72 Å². The summed E-state index contributed by atoms with van der Waals surface area (Å²) in [4.78, 5) is 7.20. The molecule has 0 atom stereocenters. The van der Waals surface area contributed by atoms with E-state index in [9.17, 15) is 0 Å². The number of H-pyrrole nitrogens is 2. The summed E-state index contributed by atoms with van der Waals surface area (Å²) >= 11 is 0. The standard InChI is InChI=1S/C31H34N6O/c1-2-6-21(5-1)13-16-38-26-11-9-22-17-24(8-7-23(22)18-26)30-27-19-25(10-12-28(27)33-35-30)31-32-29(34-36-31)20-37-14-3-4-15-37/h7-12,17-19,21H,1-6,13-16,20H2,(H,33,35)(H,32,34,36). The van der Waals surface area contributed by atoms with Crippen molar-refractivity contribution in [1.82, 2.24) is 30.3 Å². The Morgan fingerprint density at radius 3 is 2.53 bits per heavy atom. The second-order valence-corrected chi connectivity index (χ2v) is 10.9. The van der Waals surface area contributed by atoms with Crippen LogP contribution in [0.25, 0.3) is 44.3 Å². The number of ether oxygens (including phenoxy) is 1. The molecule has 7 heteroatoms. The van der Waals surface area contributed by atoms with E-state index in [2.05, 4.69) is 79.9 Å². The third-order valence-corrected chi connectivity index (χ3v) is 8.28. The Kier molecular flexibility index (Phi) is 6.29. The number of rotatable bonds is 8. The van der Waals surface area contributed by atoms with E-state index in [-0.39, 0.29) is 0 Å². The molecule has 0 spiro atoms. The van der Waals surface area contributed by atoms with Gasteiger partial charge in [0.2, 0.25) is 0 Å². The maximum Gasteiger partial charge on any atom is 0.181 e. The minimum absolute atomic E-state index is 0.729. The predicted molar refractivity (Wildman–Crippen MR) is 151 cm³/mol. The minimum Gasteiger partial charge on any atom is -0.494 e. The van der Waals surface area contributed by atoms with E-state index >= 15 is 0 Å². The van der Waals surface area contributed by atoms with Crippen LogP contribution in [0.15, 0.2) is 54.6 Å². The van der Waals surface area contributed by atoms with Crippen molar-refractivity contribution in [3.63, 3.8) is 0 Å². The number of benzene rings is 3. The largest absolute Gasteiger partial charge is 0.494 e. The average Bonchev–Trinajstić information content (AvgIpc) is 3.77. The van der Waals surface area contributed by atoms with Gasteiger partial charge >= 0.3 is 0 Å². The smallest absolute Gasteiger partial charge is 0.181 e. The van der Waals surface area contributed by atoms with Gasteiger partial charge in [-0.25, -0.2) is 4.98 Å². The number of fused-ring (bicyclic) bond motifs is 2. The molecule has 0 unspecified atom stereocenters. The molecule has 3 aromatic carbocycles. The van der Waals surface area contributed by atoms with Crippen LogP contribution in [0.4, 0.5) is 0 Å². The Balaban J connectivity index is 1.11. The van der Waals surface area contributed by atoms with Crippen molar-refractivity contribution in [1.29, 1.82) is 0 Å². The summed E-state index contributed by atoms with van der Waals surface area (Å²) in [5.41, 5.74) is 4.01. The number of hydrogen-bond donors (Lipinski definition) is 2. The molecule has 7 nitrogen and oxygen atoms in total. The molecule has 2 aromatic heterocycles. The van der Waals surface area contributed by atoms with Crippen molar-refractivity contribution in [2.45, 2.75) is 51.5 Å². The molecule has 2 N–H and O–H groups in total. The van der Waals surface area contributed by atoms with Crippen LogP contribution >= 0.6 is 0 Å². The fraction of sp³-hybridized carbons (Fsp3) is 0.387. The highest BCUT2D eigenvalue weighted by Crippen LogP contribution is 2.33. The zero-order chi connectivity index (χ0) is 25.3. The molecule has 0 amide bonds. The molecule has 0 radical (unpaired) electrons. The molecule has 194 valence electrons. The molecule has 1 saturated heterocycles. The van der Waals surface area contributed by atoms with Crippen molar-refractivity contribution in [2.75, 3.05) is 19.7 Å². The molecule has 5 aromatic rings. The quantitative estimate of drug-likeness (QED) is 0.244. The zero-order valence-corrected chi connectivity index (χ0v) is 21.7. The third-order valence-electron chi connectivity index (χ3n) is 8.28. The van der Waals surface area contributed by atoms with Gasteiger partial charge in [-0.1, -0.05) is 43.9 Å². The SMILES string of the molecule is c1cc2cc(-c3n[nH]c4ccc(-c5n[nH]c(CN6CCCC6)n5)cc34)ccc2cc1OCCC1CCCC1. The Labute approximate surface area is 222 Å². The van der Waals surface area contributed by atoms with Gasteiger partial charge < -0.3 is 4.74 Å². The van der Waals surface area contributed by atoms with Crippen LogP contribution in [-0.2, 0) is 6.54 Å². The van der Waals surface area contributed by atoms with Crippen molar-refractivity contribution >= 4 is 21.7 Å². The van der Waals surface area contributed by atoms with Crippen molar-refractivity contribution in [2.24, 2.45) is 5.92 Å². The van der Waals surface area contributed by atoms with Crippen molar-refractivity contribution in [3.8, 4) is 28.4 Å². The number of aromatic amines is 2. The van der Waals surface area contributed by atoms with Gasteiger partial charge in [0.05, 0.1) is 24.4 Å². The Morgan fingerprint density at radius 2 is 1.63 bits per heavy atom. The van der Waals surface area contributed by atoms with Gasteiger partial charge in [-0.05, 0) is 85.4 Å². The summed E-state index contributed by atoms with van der Waals surface area (Å²) in [5, 5.41) is 18.9. The maximum atomic E-state index is 6.10. The second-order valence-electron chi connectivity index (χ2n) is 10.9. The Bertz CT molecular complexity index is 1560. The van der Waals surface area contributed by atoms with Crippen LogP contribution in [0.2, 0.25) is 0 Å². The summed E-state index contributed by atoms with van der Waals surface area (Å²) in [6.07, 6.45) is 9.20. The maximum absolute atomic E-state index is 6.10. The van der Waals surface area contributed by atoms with Gasteiger partial charge in [-0.15, -0.1) is 0 Å². The topological polar surface area (TPSA) is 82.7 Å². The molecule has 3 heterocycles. The van der Waals surface area contributed by atoms with Gasteiger partial charge in [0.15, 0.2) is 5.82 Å². The van der Waals surface area contributed by atoms with Crippen molar-refractivity contribution < 1.29 is 4.74 Å². The van der Waals surface area contributed by atoms with E-state index in [1.807, 2.05) is 0 Å². The van der Waals surface area contributed by atoms with E-state index in [1.54, 1.807) is 0 Å². The first-order chi connectivity index (χ1) is 18.8. The zero-order valence-electron chi connectivity index (χ0n) is 21.7. The summed E-state index contributed by atoms with van der Waals surface area (Å²) in [5.74, 6) is 3.45. The van der Waals surface area contributed by atoms with Gasteiger partial charge in [0.1, 0.15) is 11.6 Å². The molecule has 1 saturated carbocycles.